The van der Waals surface area contributed by atoms with Crippen molar-refractivity contribution in [1.82, 2.24) is 0 Å². The SMILES string of the molecule is O=C(Nc1c(F)cc(Br)cc1F)C1COc2ccccc21. The zero-order valence-electron chi connectivity index (χ0n) is 10.7. The van der Waals surface area contributed by atoms with Crippen molar-refractivity contribution in [2.24, 2.45) is 0 Å². The number of amides is 1. The fraction of sp³-hybridized carbons (Fsp3) is 0.133. The Morgan fingerprint density at radius 3 is 2.62 bits per heavy atom. The van der Waals surface area contributed by atoms with Gasteiger partial charge in [0.15, 0.2) is 11.6 Å². The highest BCUT2D eigenvalue weighted by atomic mass is 79.9. The van der Waals surface area contributed by atoms with Crippen LogP contribution in [0.25, 0.3) is 0 Å². The smallest absolute Gasteiger partial charge is 0.235 e. The van der Waals surface area contributed by atoms with Gasteiger partial charge in [-0.2, -0.15) is 0 Å². The molecule has 21 heavy (non-hydrogen) atoms. The minimum atomic E-state index is -0.831. The fourth-order valence-corrected chi connectivity index (χ4v) is 2.65. The van der Waals surface area contributed by atoms with Gasteiger partial charge in [-0.1, -0.05) is 34.1 Å². The van der Waals surface area contributed by atoms with Crippen LogP contribution in [-0.4, -0.2) is 12.5 Å². The minimum absolute atomic E-state index is 0.158. The van der Waals surface area contributed by atoms with Gasteiger partial charge in [-0.25, -0.2) is 8.78 Å². The number of hydrogen-bond donors (Lipinski definition) is 1. The molecule has 0 saturated heterocycles. The number of anilines is 1. The van der Waals surface area contributed by atoms with Crippen LogP contribution in [0.4, 0.5) is 14.5 Å². The Morgan fingerprint density at radius 1 is 1.24 bits per heavy atom. The lowest BCUT2D eigenvalue weighted by Gasteiger charge is -2.12. The van der Waals surface area contributed by atoms with E-state index in [0.29, 0.717) is 11.3 Å². The third-order valence-corrected chi connectivity index (χ3v) is 3.73. The summed E-state index contributed by atoms with van der Waals surface area (Å²) in [6, 6.07) is 9.29. The maximum absolute atomic E-state index is 13.7. The molecule has 1 N–H and O–H groups in total. The molecule has 1 heterocycles. The second-order valence-corrected chi connectivity index (χ2v) is 5.55. The largest absolute Gasteiger partial charge is 0.492 e. The van der Waals surface area contributed by atoms with E-state index in [1.54, 1.807) is 24.3 Å². The number of carbonyl (C=O) groups is 1. The van der Waals surface area contributed by atoms with E-state index in [0.717, 1.165) is 12.1 Å². The first-order valence-electron chi connectivity index (χ1n) is 6.23. The second kappa shape index (κ2) is 5.44. The number of hydrogen-bond acceptors (Lipinski definition) is 2. The molecule has 0 fully saturated rings. The summed E-state index contributed by atoms with van der Waals surface area (Å²) in [6.45, 7) is 0.158. The van der Waals surface area contributed by atoms with Crippen molar-refractivity contribution in [2.45, 2.75) is 5.92 Å². The summed E-state index contributed by atoms with van der Waals surface area (Å²) in [6.07, 6.45) is 0. The summed E-state index contributed by atoms with van der Waals surface area (Å²) in [5.74, 6) is -2.12. The van der Waals surface area contributed by atoms with Gasteiger partial charge in [0, 0.05) is 10.0 Å². The van der Waals surface area contributed by atoms with Gasteiger partial charge in [0.05, 0.1) is 0 Å². The lowest BCUT2D eigenvalue weighted by atomic mass is 10.0. The molecule has 0 aliphatic carbocycles. The summed E-state index contributed by atoms with van der Waals surface area (Å²) in [5, 5.41) is 2.30. The number of para-hydroxylation sites is 1. The third kappa shape index (κ3) is 2.63. The van der Waals surface area contributed by atoms with Gasteiger partial charge in [0.2, 0.25) is 5.91 Å². The van der Waals surface area contributed by atoms with Crippen molar-refractivity contribution < 1.29 is 18.3 Å². The van der Waals surface area contributed by atoms with Crippen molar-refractivity contribution in [2.75, 3.05) is 11.9 Å². The Kier molecular flexibility index (Phi) is 3.63. The first-order valence-corrected chi connectivity index (χ1v) is 7.02. The van der Waals surface area contributed by atoms with Crippen molar-refractivity contribution in [3.63, 3.8) is 0 Å². The van der Waals surface area contributed by atoms with E-state index >= 15 is 0 Å². The normalized spacial score (nSPS) is 16.2. The van der Waals surface area contributed by atoms with Crippen LogP contribution in [0.2, 0.25) is 0 Å². The van der Waals surface area contributed by atoms with Gasteiger partial charge in [0.25, 0.3) is 0 Å². The van der Waals surface area contributed by atoms with Gasteiger partial charge in [-0.15, -0.1) is 0 Å². The van der Waals surface area contributed by atoms with Gasteiger partial charge >= 0.3 is 0 Å². The summed E-state index contributed by atoms with van der Waals surface area (Å²) in [5.41, 5.74) is 0.264. The zero-order chi connectivity index (χ0) is 15.0. The highest BCUT2D eigenvalue weighted by Gasteiger charge is 2.31. The molecule has 1 aliphatic rings. The summed E-state index contributed by atoms with van der Waals surface area (Å²) in [7, 11) is 0. The lowest BCUT2D eigenvalue weighted by Crippen LogP contribution is -2.23. The topological polar surface area (TPSA) is 38.3 Å². The Balaban J connectivity index is 1.86. The molecule has 108 valence electrons. The average molecular weight is 354 g/mol. The maximum Gasteiger partial charge on any atom is 0.235 e. The molecular weight excluding hydrogens is 344 g/mol. The van der Waals surface area contributed by atoms with E-state index in [1.165, 1.54) is 0 Å². The maximum atomic E-state index is 13.7. The summed E-state index contributed by atoms with van der Waals surface area (Å²) in [4.78, 5) is 12.2. The monoisotopic (exact) mass is 353 g/mol. The molecule has 0 bridgehead atoms. The molecule has 0 spiro atoms. The molecule has 6 heteroatoms. The molecule has 3 nitrogen and oxygen atoms in total. The molecule has 2 aromatic carbocycles. The van der Waals surface area contributed by atoms with Gasteiger partial charge in [0.1, 0.15) is 24.0 Å². The predicted octanol–water partition coefficient (Wildman–Crippen LogP) is 3.84. The fourth-order valence-electron chi connectivity index (χ4n) is 2.25. The molecule has 1 atom stereocenters. The lowest BCUT2D eigenvalue weighted by molar-refractivity contribution is -0.117. The molecule has 0 saturated carbocycles. The number of carbonyl (C=O) groups excluding carboxylic acids is 1. The van der Waals surface area contributed by atoms with Crippen molar-refractivity contribution >= 4 is 27.5 Å². The Morgan fingerprint density at radius 2 is 1.90 bits per heavy atom. The van der Waals surface area contributed by atoms with Crippen molar-refractivity contribution in [1.29, 1.82) is 0 Å². The Hall–Kier alpha value is -1.95. The van der Waals surface area contributed by atoms with Gasteiger partial charge < -0.3 is 10.1 Å². The van der Waals surface area contributed by atoms with Crippen molar-refractivity contribution in [3.8, 4) is 5.75 Å². The quantitative estimate of drug-likeness (QED) is 0.890. The summed E-state index contributed by atoms with van der Waals surface area (Å²) >= 11 is 2.99. The third-order valence-electron chi connectivity index (χ3n) is 3.27. The van der Waals surface area contributed by atoms with E-state index in [9.17, 15) is 13.6 Å². The highest BCUT2D eigenvalue weighted by Crippen LogP contribution is 2.34. The van der Waals surface area contributed by atoms with E-state index in [2.05, 4.69) is 21.2 Å². The number of fused-ring (bicyclic) bond motifs is 1. The number of halogens is 3. The number of nitrogens with one attached hydrogen (secondary N) is 1. The van der Waals surface area contributed by atoms with Crippen LogP contribution < -0.4 is 10.1 Å². The van der Waals surface area contributed by atoms with Crippen molar-refractivity contribution in [3.05, 3.63) is 58.1 Å². The first kappa shape index (κ1) is 14.0. The minimum Gasteiger partial charge on any atom is -0.492 e. The van der Waals surface area contributed by atoms with Gasteiger partial charge in [-0.3, -0.25) is 4.79 Å². The van der Waals surface area contributed by atoms with E-state index in [-0.39, 0.29) is 11.1 Å². The van der Waals surface area contributed by atoms with Crippen LogP contribution in [-0.2, 0) is 4.79 Å². The molecule has 2 aromatic rings. The van der Waals surface area contributed by atoms with Crippen LogP contribution >= 0.6 is 15.9 Å². The molecule has 3 rings (SSSR count). The molecule has 1 aliphatic heterocycles. The molecule has 1 amide bonds. The number of rotatable bonds is 2. The Labute approximate surface area is 128 Å². The zero-order valence-corrected chi connectivity index (χ0v) is 12.3. The standard InChI is InChI=1S/C15H10BrF2NO2/c16-8-5-11(17)14(12(18)6-8)19-15(20)10-7-21-13-4-2-1-3-9(10)13/h1-6,10H,7H2,(H,19,20). The van der Waals surface area contributed by atoms with Crippen LogP contribution in [0.1, 0.15) is 11.5 Å². The average Bonchev–Trinajstić information content (AvgIpc) is 2.86. The van der Waals surface area contributed by atoms with Crippen LogP contribution in [0.3, 0.4) is 0 Å². The number of ether oxygens (including phenoxy) is 1. The van der Waals surface area contributed by atoms with E-state index in [4.69, 9.17) is 4.74 Å². The number of benzene rings is 2. The van der Waals surface area contributed by atoms with Gasteiger partial charge in [-0.05, 0) is 18.2 Å². The molecular formula is C15H10BrF2NO2. The predicted molar refractivity (Wildman–Crippen MR) is 77.4 cm³/mol. The highest BCUT2D eigenvalue weighted by molar-refractivity contribution is 9.10. The Bertz CT molecular complexity index is 698. The van der Waals surface area contributed by atoms with E-state index < -0.39 is 29.1 Å². The molecule has 0 aromatic heterocycles. The van der Waals surface area contributed by atoms with Crippen LogP contribution in [0, 0.1) is 11.6 Å². The van der Waals surface area contributed by atoms with Crippen LogP contribution in [0.15, 0.2) is 40.9 Å². The molecule has 0 radical (unpaired) electrons. The van der Waals surface area contributed by atoms with E-state index in [1.807, 2.05) is 0 Å². The molecule has 1 unspecified atom stereocenters. The first-order chi connectivity index (χ1) is 10.1. The second-order valence-electron chi connectivity index (χ2n) is 4.64. The summed E-state index contributed by atoms with van der Waals surface area (Å²) < 4.78 is 33.1. The van der Waals surface area contributed by atoms with Crippen LogP contribution in [0.5, 0.6) is 5.75 Å².